The molecule has 2 heterocycles. The number of thioether (sulfide) groups is 2. The minimum atomic E-state index is 0.127. The zero-order valence-electron chi connectivity index (χ0n) is 14.7. The number of benzene rings is 1. The minimum absolute atomic E-state index is 0.127. The highest BCUT2D eigenvalue weighted by Crippen LogP contribution is 2.31. The van der Waals surface area contributed by atoms with Gasteiger partial charge >= 0.3 is 0 Å². The molecule has 0 amide bonds. The fourth-order valence-corrected chi connectivity index (χ4v) is 5.37. The topological polar surface area (TPSA) is 47.8 Å². The zero-order chi connectivity index (χ0) is 18.7. The summed E-state index contributed by atoms with van der Waals surface area (Å²) in [5, 5.41) is 9.13. The molecule has 0 radical (unpaired) electrons. The van der Waals surface area contributed by atoms with E-state index in [1.54, 1.807) is 11.8 Å². The van der Waals surface area contributed by atoms with Gasteiger partial charge in [0.1, 0.15) is 0 Å². The molecule has 8 heteroatoms. The van der Waals surface area contributed by atoms with Gasteiger partial charge in [0.15, 0.2) is 14.5 Å². The van der Waals surface area contributed by atoms with E-state index in [9.17, 15) is 4.79 Å². The first kappa shape index (κ1) is 19.5. The summed E-state index contributed by atoms with van der Waals surface area (Å²) < 4.78 is 3.76. The van der Waals surface area contributed by atoms with Crippen LogP contribution in [0.1, 0.15) is 27.3 Å². The third-order valence-corrected chi connectivity index (χ3v) is 7.58. The molecular weight excluding hydrogens is 406 g/mol. The summed E-state index contributed by atoms with van der Waals surface area (Å²) >= 11 is 10.5. The van der Waals surface area contributed by atoms with Crippen molar-refractivity contribution in [2.45, 2.75) is 28.3 Å². The van der Waals surface area contributed by atoms with Gasteiger partial charge in [-0.25, -0.2) is 0 Å². The van der Waals surface area contributed by atoms with Crippen molar-refractivity contribution < 1.29 is 4.79 Å². The van der Waals surface area contributed by atoms with Crippen LogP contribution in [0.2, 0.25) is 5.02 Å². The maximum absolute atomic E-state index is 12.5. The van der Waals surface area contributed by atoms with Gasteiger partial charge in [-0.2, -0.15) is 0 Å². The van der Waals surface area contributed by atoms with E-state index in [0.29, 0.717) is 5.75 Å². The van der Waals surface area contributed by atoms with Crippen LogP contribution in [0.4, 0.5) is 0 Å². The summed E-state index contributed by atoms with van der Waals surface area (Å²) in [6, 6.07) is 9.74. The molecule has 0 saturated carbocycles. The van der Waals surface area contributed by atoms with Crippen molar-refractivity contribution >= 4 is 52.2 Å². The Hall–Kier alpha value is -1.28. The van der Waals surface area contributed by atoms with E-state index in [0.717, 1.165) is 36.4 Å². The van der Waals surface area contributed by atoms with Crippen molar-refractivity contribution in [1.82, 2.24) is 14.8 Å². The smallest absolute Gasteiger partial charge is 0.175 e. The number of carbonyl (C=O) groups is 1. The average molecular weight is 424 g/mol. The summed E-state index contributed by atoms with van der Waals surface area (Å²) in [6.45, 7) is 3.98. The van der Waals surface area contributed by atoms with Gasteiger partial charge in [0.25, 0.3) is 0 Å². The third-order valence-electron chi connectivity index (χ3n) is 4.07. The van der Waals surface area contributed by atoms with Gasteiger partial charge in [-0.3, -0.25) is 4.79 Å². The van der Waals surface area contributed by atoms with Crippen LogP contribution in [-0.2, 0) is 12.8 Å². The van der Waals surface area contributed by atoms with Crippen LogP contribution in [0.3, 0.4) is 0 Å². The molecule has 3 aromatic rings. The fraction of sp³-hybridized carbons (Fsp3) is 0.278. The number of rotatable bonds is 7. The van der Waals surface area contributed by atoms with Crippen LogP contribution in [0.25, 0.3) is 0 Å². The molecule has 0 atom stereocenters. The second-order valence-electron chi connectivity index (χ2n) is 5.80. The van der Waals surface area contributed by atoms with E-state index in [-0.39, 0.29) is 5.78 Å². The largest absolute Gasteiger partial charge is 0.351 e. The number of nitrogens with zero attached hydrogens (tertiary/aromatic N) is 3. The minimum Gasteiger partial charge on any atom is -0.351 e. The van der Waals surface area contributed by atoms with Gasteiger partial charge in [-0.05, 0) is 37.6 Å². The summed E-state index contributed by atoms with van der Waals surface area (Å²) in [6.07, 6.45) is 0. The molecule has 1 aromatic carbocycles. The molecule has 3 rings (SSSR count). The lowest BCUT2D eigenvalue weighted by atomic mass is 10.2. The van der Waals surface area contributed by atoms with Crippen LogP contribution in [0.15, 0.2) is 39.0 Å². The highest BCUT2D eigenvalue weighted by Gasteiger charge is 2.15. The summed E-state index contributed by atoms with van der Waals surface area (Å²) in [5.74, 6) is 1.32. The van der Waals surface area contributed by atoms with Crippen LogP contribution in [0, 0.1) is 13.8 Å². The molecule has 0 aliphatic heterocycles. The molecule has 0 N–H and O–H groups in total. The van der Waals surface area contributed by atoms with Gasteiger partial charge < -0.3 is 4.57 Å². The Bertz CT molecular complexity index is 918. The van der Waals surface area contributed by atoms with Crippen molar-refractivity contribution in [2.75, 3.05) is 5.75 Å². The van der Waals surface area contributed by atoms with E-state index in [4.69, 9.17) is 11.6 Å². The Labute approximate surface area is 170 Å². The van der Waals surface area contributed by atoms with Crippen LogP contribution in [-0.4, -0.2) is 26.3 Å². The van der Waals surface area contributed by atoms with E-state index in [1.165, 1.54) is 28.7 Å². The lowest BCUT2D eigenvalue weighted by Gasteiger charge is -2.01. The predicted molar refractivity (Wildman–Crippen MR) is 111 cm³/mol. The normalized spacial score (nSPS) is 11.1. The molecule has 0 aliphatic carbocycles. The Morgan fingerprint density at radius 2 is 1.81 bits per heavy atom. The highest BCUT2D eigenvalue weighted by molar-refractivity contribution is 8.03. The van der Waals surface area contributed by atoms with Crippen LogP contribution >= 0.6 is 46.5 Å². The number of aromatic nitrogens is 3. The number of halogens is 1. The fourth-order valence-electron chi connectivity index (χ4n) is 2.38. The predicted octanol–water partition coefficient (Wildman–Crippen LogP) is 5.41. The van der Waals surface area contributed by atoms with E-state index in [2.05, 4.69) is 10.2 Å². The standard InChI is InChI=1S/C18H18ClN3OS3/c1-11-8-15(12(2)22(11)3)16(23)10-25-18-21-20-17(26-18)24-9-13-4-6-14(19)7-5-13/h4-8H,9-10H2,1-3H3. The van der Waals surface area contributed by atoms with Crippen molar-refractivity contribution in [3.8, 4) is 0 Å². The highest BCUT2D eigenvalue weighted by atomic mass is 35.5. The first-order chi connectivity index (χ1) is 12.4. The number of Topliss-reactive ketones (excluding diaryl/α,β-unsaturated/α-hetero) is 1. The van der Waals surface area contributed by atoms with Gasteiger partial charge in [-0.15, -0.1) is 10.2 Å². The average Bonchev–Trinajstić information content (AvgIpc) is 3.19. The molecule has 2 aromatic heterocycles. The molecule has 0 spiro atoms. The van der Waals surface area contributed by atoms with Crippen LogP contribution in [0.5, 0.6) is 0 Å². The first-order valence-corrected chi connectivity index (χ1v) is 11.1. The lowest BCUT2D eigenvalue weighted by Crippen LogP contribution is -2.04. The molecule has 0 saturated heterocycles. The maximum atomic E-state index is 12.5. The van der Waals surface area contributed by atoms with Gasteiger partial charge in [0.05, 0.1) is 5.75 Å². The second kappa shape index (κ2) is 8.61. The Kier molecular flexibility index (Phi) is 6.45. The molecule has 0 aliphatic rings. The molecular formula is C18H18ClN3OS3. The zero-order valence-corrected chi connectivity index (χ0v) is 17.9. The summed E-state index contributed by atoms with van der Waals surface area (Å²) in [4.78, 5) is 12.5. The van der Waals surface area contributed by atoms with E-state index in [1.807, 2.05) is 55.8 Å². The number of ketones is 1. The molecule has 136 valence electrons. The van der Waals surface area contributed by atoms with Gasteiger partial charge in [0.2, 0.25) is 0 Å². The SMILES string of the molecule is Cc1cc(C(=O)CSc2nnc(SCc3ccc(Cl)cc3)s2)c(C)n1C. The molecule has 4 nitrogen and oxygen atoms in total. The van der Waals surface area contributed by atoms with Crippen molar-refractivity contribution in [3.63, 3.8) is 0 Å². The number of carbonyl (C=O) groups excluding carboxylic acids is 1. The maximum Gasteiger partial charge on any atom is 0.175 e. The summed E-state index contributed by atoms with van der Waals surface area (Å²) in [7, 11) is 1.98. The molecule has 0 bridgehead atoms. The first-order valence-electron chi connectivity index (χ1n) is 7.93. The van der Waals surface area contributed by atoms with Crippen molar-refractivity contribution in [2.24, 2.45) is 7.05 Å². The number of hydrogen-bond acceptors (Lipinski definition) is 6. The number of aryl methyl sites for hydroxylation is 1. The Morgan fingerprint density at radius 1 is 1.15 bits per heavy atom. The van der Waals surface area contributed by atoms with Gasteiger partial charge in [0, 0.05) is 34.8 Å². The van der Waals surface area contributed by atoms with E-state index < -0.39 is 0 Å². The molecule has 26 heavy (non-hydrogen) atoms. The third kappa shape index (κ3) is 4.71. The lowest BCUT2D eigenvalue weighted by molar-refractivity contribution is 0.102. The van der Waals surface area contributed by atoms with E-state index >= 15 is 0 Å². The number of hydrogen-bond donors (Lipinski definition) is 0. The van der Waals surface area contributed by atoms with Gasteiger partial charge in [-0.1, -0.05) is 58.6 Å². The van der Waals surface area contributed by atoms with Crippen LogP contribution < -0.4 is 0 Å². The molecule has 0 fully saturated rings. The molecule has 0 unspecified atom stereocenters. The monoisotopic (exact) mass is 423 g/mol. The quantitative estimate of drug-likeness (QED) is 0.375. The van der Waals surface area contributed by atoms with Crippen molar-refractivity contribution in [3.05, 3.63) is 57.9 Å². The second-order valence-corrected chi connectivity index (χ2v) is 9.66. The Balaban J connectivity index is 1.54. The Morgan fingerprint density at radius 3 is 2.42 bits per heavy atom. The van der Waals surface area contributed by atoms with Crippen molar-refractivity contribution in [1.29, 1.82) is 0 Å². The summed E-state index contributed by atoms with van der Waals surface area (Å²) in [5.41, 5.74) is 4.07.